The van der Waals surface area contributed by atoms with Gasteiger partial charge in [-0.3, -0.25) is 4.79 Å². The van der Waals surface area contributed by atoms with E-state index in [-0.39, 0.29) is 5.91 Å². The lowest BCUT2D eigenvalue weighted by Gasteiger charge is -2.12. The molecule has 0 aliphatic carbocycles. The lowest BCUT2D eigenvalue weighted by atomic mass is 10.1. The number of hydrogen-bond donors (Lipinski definition) is 1. The van der Waals surface area contributed by atoms with Gasteiger partial charge in [-0.25, -0.2) is 9.67 Å². The van der Waals surface area contributed by atoms with Crippen molar-refractivity contribution in [2.45, 2.75) is 13.0 Å². The number of pyridine rings is 1. The summed E-state index contributed by atoms with van der Waals surface area (Å²) in [6.45, 7) is 0.699. The van der Waals surface area contributed by atoms with Gasteiger partial charge in [0.2, 0.25) is 0 Å². The van der Waals surface area contributed by atoms with Crippen LogP contribution in [-0.2, 0) is 13.0 Å². The highest BCUT2D eigenvalue weighted by atomic mass is 16.1. The zero-order valence-electron chi connectivity index (χ0n) is 14.4. The van der Waals surface area contributed by atoms with Gasteiger partial charge in [-0.2, -0.15) is 5.10 Å². The predicted molar refractivity (Wildman–Crippen MR) is 98.9 cm³/mol. The molecule has 3 rings (SSSR count). The largest absolute Gasteiger partial charge is 0.363 e. The Morgan fingerprint density at radius 1 is 1.12 bits per heavy atom. The molecule has 2 heterocycles. The number of carbonyl (C=O) groups excluding carboxylic acids is 1. The number of aromatic nitrogens is 3. The molecule has 0 aliphatic rings. The molecule has 0 spiro atoms. The molecule has 128 valence electrons. The first-order chi connectivity index (χ1) is 12.1. The fourth-order valence-electron chi connectivity index (χ4n) is 2.47. The van der Waals surface area contributed by atoms with Gasteiger partial charge in [0.25, 0.3) is 5.91 Å². The fraction of sp³-hybridized carbons (Fsp3) is 0.211. The number of aryl methyl sites for hydroxylation is 2. The van der Waals surface area contributed by atoms with Crippen molar-refractivity contribution in [3.63, 3.8) is 0 Å². The van der Waals surface area contributed by atoms with Crippen LogP contribution in [0.25, 0.3) is 0 Å². The van der Waals surface area contributed by atoms with Crippen LogP contribution in [0.1, 0.15) is 15.9 Å². The van der Waals surface area contributed by atoms with E-state index in [9.17, 15) is 4.79 Å². The zero-order chi connectivity index (χ0) is 17.6. The van der Waals surface area contributed by atoms with E-state index in [0.29, 0.717) is 17.9 Å². The maximum Gasteiger partial charge on any atom is 0.258 e. The van der Waals surface area contributed by atoms with Crippen molar-refractivity contribution in [3.8, 4) is 0 Å². The molecule has 0 aliphatic heterocycles. The van der Waals surface area contributed by atoms with Gasteiger partial charge in [0.15, 0.2) is 0 Å². The third kappa shape index (κ3) is 4.23. The third-order valence-electron chi connectivity index (χ3n) is 3.88. The monoisotopic (exact) mass is 335 g/mol. The number of rotatable bonds is 6. The lowest BCUT2D eigenvalue weighted by Crippen LogP contribution is -2.17. The standard InChI is InChI=1S/C19H21N5O/c1-23(2)17-9-8-16(14-20-17)19(25)22-18-10-12-21-24(18)13-11-15-6-4-3-5-7-15/h3-10,12,14H,11,13H2,1-2H3,(H,22,25). The highest BCUT2D eigenvalue weighted by molar-refractivity contribution is 6.03. The first-order valence-corrected chi connectivity index (χ1v) is 8.14. The first kappa shape index (κ1) is 16.7. The van der Waals surface area contributed by atoms with E-state index >= 15 is 0 Å². The normalized spacial score (nSPS) is 10.5. The molecule has 0 fully saturated rings. The van der Waals surface area contributed by atoms with Crippen LogP contribution in [0.4, 0.5) is 11.6 Å². The Morgan fingerprint density at radius 3 is 2.60 bits per heavy atom. The zero-order valence-corrected chi connectivity index (χ0v) is 14.4. The van der Waals surface area contributed by atoms with Crippen LogP contribution in [0.2, 0.25) is 0 Å². The summed E-state index contributed by atoms with van der Waals surface area (Å²) in [5, 5.41) is 7.19. The van der Waals surface area contributed by atoms with Crippen molar-refractivity contribution in [3.05, 3.63) is 72.1 Å². The molecule has 6 heteroatoms. The van der Waals surface area contributed by atoms with E-state index in [1.807, 2.05) is 43.3 Å². The average molecular weight is 335 g/mol. The fourth-order valence-corrected chi connectivity index (χ4v) is 2.47. The minimum Gasteiger partial charge on any atom is -0.363 e. The van der Waals surface area contributed by atoms with Crippen LogP contribution >= 0.6 is 0 Å². The summed E-state index contributed by atoms with van der Waals surface area (Å²) in [5.41, 5.74) is 1.75. The molecule has 25 heavy (non-hydrogen) atoms. The number of benzene rings is 1. The van der Waals surface area contributed by atoms with Crippen LogP contribution < -0.4 is 10.2 Å². The molecular weight excluding hydrogens is 314 g/mol. The summed E-state index contributed by atoms with van der Waals surface area (Å²) in [6, 6.07) is 15.6. The highest BCUT2D eigenvalue weighted by Crippen LogP contribution is 2.12. The molecule has 0 unspecified atom stereocenters. The smallest absolute Gasteiger partial charge is 0.258 e. The van der Waals surface area contributed by atoms with Gasteiger partial charge in [-0.05, 0) is 24.1 Å². The van der Waals surface area contributed by atoms with Crippen molar-refractivity contribution in [1.82, 2.24) is 14.8 Å². The molecule has 2 aromatic heterocycles. The van der Waals surface area contributed by atoms with E-state index in [1.54, 1.807) is 29.2 Å². The van der Waals surface area contributed by atoms with E-state index in [4.69, 9.17) is 0 Å². The van der Waals surface area contributed by atoms with Crippen molar-refractivity contribution < 1.29 is 4.79 Å². The molecule has 0 saturated carbocycles. The summed E-state index contributed by atoms with van der Waals surface area (Å²) in [4.78, 5) is 18.6. The van der Waals surface area contributed by atoms with Crippen molar-refractivity contribution >= 4 is 17.5 Å². The molecule has 6 nitrogen and oxygen atoms in total. The van der Waals surface area contributed by atoms with Crippen molar-refractivity contribution in [1.29, 1.82) is 0 Å². The number of amides is 1. The second-order valence-electron chi connectivity index (χ2n) is 5.93. The van der Waals surface area contributed by atoms with Gasteiger partial charge >= 0.3 is 0 Å². The van der Waals surface area contributed by atoms with Gasteiger partial charge in [-0.15, -0.1) is 0 Å². The molecule has 0 bridgehead atoms. The van der Waals surface area contributed by atoms with Gasteiger partial charge in [0.1, 0.15) is 11.6 Å². The molecule has 0 radical (unpaired) electrons. The van der Waals surface area contributed by atoms with Gasteiger partial charge in [-0.1, -0.05) is 30.3 Å². The van der Waals surface area contributed by atoms with E-state index in [0.717, 1.165) is 12.2 Å². The summed E-state index contributed by atoms with van der Waals surface area (Å²) >= 11 is 0. The predicted octanol–water partition coefficient (Wildman–Crippen LogP) is 2.84. The van der Waals surface area contributed by atoms with E-state index < -0.39 is 0 Å². The van der Waals surface area contributed by atoms with Crippen LogP contribution in [0.15, 0.2) is 60.9 Å². The molecule has 1 N–H and O–H groups in total. The molecule has 0 atom stereocenters. The van der Waals surface area contributed by atoms with Crippen LogP contribution in [0.5, 0.6) is 0 Å². The molecule has 1 aromatic carbocycles. The maximum absolute atomic E-state index is 12.4. The second-order valence-corrected chi connectivity index (χ2v) is 5.93. The Bertz CT molecular complexity index is 825. The van der Waals surface area contributed by atoms with Gasteiger partial charge in [0.05, 0.1) is 11.8 Å². The molecule has 0 saturated heterocycles. The Hall–Kier alpha value is -3.15. The maximum atomic E-state index is 12.4. The number of nitrogens with one attached hydrogen (secondary N) is 1. The van der Waals surface area contributed by atoms with Crippen LogP contribution in [-0.4, -0.2) is 34.8 Å². The minimum absolute atomic E-state index is 0.195. The van der Waals surface area contributed by atoms with Crippen molar-refractivity contribution in [2.75, 3.05) is 24.3 Å². The summed E-state index contributed by atoms with van der Waals surface area (Å²) in [6.07, 6.45) is 4.12. The number of anilines is 2. The SMILES string of the molecule is CN(C)c1ccc(C(=O)Nc2ccnn2CCc2ccccc2)cn1. The Kier molecular flexibility index (Phi) is 5.09. The minimum atomic E-state index is -0.195. The number of nitrogens with zero attached hydrogens (tertiary/aromatic N) is 4. The molecular formula is C19H21N5O. The van der Waals surface area contributed by atoms with Crippen LogP contribution in [0, 0.1) is 0 Å². The lowest BCUT2D eigenvalue weighted by molar-refractivity contribution is 0.102. The first-order valence-electron chi connectivity index (χ1n) is 8.14. The molecule has 3 aromatic rings. The van der Waals surface area contributed by atoms with E-state index in [2.05, 4.69) is 27.5 Å². The van der Waals surface area contributed by atoms with Gasteiger partial charge in [0, 0.05) is 32.9 Å². The van der Waals surface area contributed by atoms with Crippen LogP contribution in [0.3, 0.4) is 0 Å². The van der Waals surface area contributed by atoms with Crippen molar-refractivity contribution in [2.24, 2.45) is 0 Å². The number of hydrogen-bond acceptors (Lipinski definition) is 4. The Balaban J connectivity index is 1.65. The average Bonchev–Trinajstić information content (AvgIpc) is 3.08. The Labute approximate surface area is 147 Å². The third-order valence-corrected chi connectivity index (χ3v) is 3.88. The van der Waals surface area contributed by atoms with Gasteiger partial charge < -0.3 is 10.2 Å². The quantitative estimate of drug-likeness (QED) is 0.752. The van der Waals surface area contributed by atoms with E-state index in [1.165, 1.54) is 5.56 Å². The molecule has 1 amide bonds. The summed E-state index contributed by atoms with van der Waals surface area (Å²) in [5.74, 6) is 1.29. The Morgan fingerprint density at radius 2 is 1.92 bits per heavy atom. The summed E-state index contributed by atoms with van der Waals surface area (Å²) < 4.78 is 1.80. The summed E-state index contributed by atoms with van der Waals surface area (Å²) in [7, 11) is 3.82. The highest BCUT2D eigenvalue weighted by Gasteiger charge is 2.10. The topological polar surface area (TPSA) is 63.1 Å². The number of carbonyl (C=O) groups is 1. The second kappa shape index (κ2) is 7.61.